The molecule has 3 rings (SSSR count). The van der Waals surface area contributed by atoms with Gasteiger partial charge in [0.25, 0.3) is 0 Å². The zero-order valence-corrected chi connectivity index (χ0v) is 9.93. The van der Waals surface area contributed by atoms with Crippen molar-refractivity contribution in [3.05, 3.63) is 35.4 Å². The summed E-state index contributed by atoms with van der Waals surface area (Å²) in [5, 5.41) is 0. The zero-order chi connectivity index (χ0) is 11.8. The van der Waals surface area contributed by atoms with Crippen molar-refractivity contribution in [1.29, 1.82) is 0 Å². The molecule has 3 heteroatoms. The van der Waals surface area contributed by atoms with E-state index in [2.05, 4.69) is 11.0 Å². The normalized spacial score (nSPS) is 31.4. The molecule has 0 saturated carbocycles. The molecule has 2 aliphatic rings. The van der Waals surface area contributed by atoms with E-state index in [9.17, 15) is 4.79 Å². The molecule has 0 spiro atoms. The summed E-state index contributed by atoms with van der Waals surface area (Å²) in [5.41, 5.74) is 7.24. The molecular weight excluding hydrogens is 212 g/mol. The molecule has 90 valence electrons. The molecular formula is C14H18N2O. The van der Waals surface area contributed by atoms with E-state index in [1.54, 1.807) is 6.07 Å². The molecule has 1 amide bonds. The van der Waals surface area contributed by atoms with Gasteiger partial charge in [0, 0.05) is 18.7 Å². The highest BCUT2D eigenvalue weighted by Gasteiger charge is 2.32. The molecule has 3 atom stereocenters. The number of nitrogens with two attached hydrogens (primary N) is 1. The molecule has 1 aromatic carbocycles. The quantitative estimate of drug-likeness (QED) is 0.838. The standard InChI is InChI=1S/C14H18N2O/c15-14(17)12-3-1-2-11(7-12)13-6-10-4-5-16(8-10)9-13/h1-3,7,10,13H,4-6,8-9H2,(H2,15,17). The summed E-state index contributed by atoms with van der Waals surface area (Å²) < 4.78 is 0. The number of piperidine rings is 1. The second kappa shape index (κ2) is 4.15. The minimum Gasteiger partial charge on any atom is -0.366 e. The van der Waals surface area contributed by atoms with Gasteiger partial charge in [-0.3, -0.25) is 4.79 Å². The van der Waals surface area contributed by atoms with Crippen LogP contribution in [0.2, 0.25) is 0 Å². The van der Waals surface area contributed by atoms with Crippen LogP contribution in [0.1, 0.15) is 34.7 Å². The van der Waals surface area contributed by atoms with Gasteiger partial charge in [-0.2, -0.15) is 0 Å². The molecule has 0 aliphatic carbocycles. The number of nitrogens with zero attached hydrogens (tertiary/aromatic N) is 1. The van der Waals surface area contributed by atoms with Gasteiger partial charge in [-0.15, -0.1) is 0 Å². The molecule has 2 N–H and O–H groups in total. The Labute approximate surface area is 102 Å². The molecule has 0 radical (unpaired) electrons. The molecule has 17 heavy (non-hydrogen) atoms. The molecule has 2 bridgehead atoms. The SMILES string of the molecule is NC(=O)c1cccc(C2CC3CC[N@@](C3)C2)c1. The fourth-order valence-electron chi connectivity index (χ4n) is 3.25. The maximum Gasteiger partial charge on any atom is 0.248 e. The van der Waals surface area contributed by atoms with Crippen LogP contribution in [0.5, 0.6) is 0 Å². The molecule has 2 saturated heterocycles. The van der Waals surface area contributed by atoms with Gasteiger partial charge in [0.15, 0.2) is 0 Å². The molecule has 1 aromatic rings. The maximum absolute atomic E-state index is 11.2. The number of hydrogen-bond donors (Lipinski definition) is 1. The van der Waals surface area contributed by atoms with E-state index in [1.165, 1.54) is 31.5 Å². The number of rotatable bonds is 2. The molecule has 2 unspecified atom stereocenters. The second-order valence-electron chi connectivity index (χ2n) is 5.34. The van der Waals surface area contributed by atoms with Crippen LogP contribution in [0.25, 0.3) is 0 Å². The summed E-state index contributed by atoms with van der Waals surface area (Å²) in [6.45, 7) is 3.65. The lowest BCUT2D eigenvalue weighted by Crippen LogP contribution is -2.32. The van der Waals surface area contributed by atoms with Gasteiger partial charge in [-0.25, -0.2) is 0 Å². The summed E-state index contributed by atoms with van der Waals surface area (Å²) in [7, 11) is 0. The molecule has 2 aliphatic heterocycles. The number of carbonyl (C=O) groups is 1. The van der Waals surface area contributed by atoms with Crippen LogP contribution >= 0.6 is 0 Å². The van der Waals surface area contributed by atoms with E-state index in [0.29, 0.717) is 11.5 Å². The lowest BCUT2D eigenvalue weighted by molar-refractivity contribution is 0.1000. The van der Waals surface area contributed by atoms with Crippen molar-refractivity contribution in [2.24, 2.45) is 11.7 Å². The van der Waals surface area contributed by atoms with Crippen molar-refractivity contribution in [2.45, 2.75) is 18.8 Å². The smallest absolute Gasteiger partial charge is 0.248 e. The average Bonchev–Trinajstić information content (AvgIpc) is 2.68. The third-order valence-corrected chi connectivity index (χ3v) is 4.11. The highest BCUT2D eigenvalue weighted by Crippen LogP contribution is 2.36. The number of carbonyl (C=O) groups excluding carboxylic acids is 1. The third kappa shape index (κ3) is 2.07. The molecule has 3 nitrogen and oxygen atoms in total. The second-order valence-corrected chi connectivity index (χ2v) is 5.34. The van der Waals surface area contributed by atoms with Crippen LogP contribution in [0.4, 0.5) is 0 Å². The van der Waals surface area contributed by atoms with Gasteiger partial charge in [0.1, 0.15) is 0 Å². The van der Waals surface area contributed by atoms with Gasteiger partial charge in [-0.05, 0) is 48.9 Å². The highest BCUT2D eigenvalue weighted by atomic mass is 16.1. The minimum atomic E-state index is -0.328. The zero-order valence-electron chi connectivity index (χ0n) is 9.93. The first kappa shape index (κ1) is 10.8. The molecule has 2 heterocycles. The van der Waals surface area contributed by atoms with Crippen LogP contribution in [0, 0.1) is 5.92 Å². The Balaban J connectivity index is 1.84. The Morgan fingerprint density at radius 1 is 1.35 bits per heavy atom. The number of fused-ring (bicyclic) bond motifs is 2. The van der Waals surface area contributed by atoms with Crippen LogP contribution < -0.4 is 5.73 Å². The van der Waals surface area contributed by atoms with Gasteiger partial charge >= 0.3 is 0 Å². The van der Waals surface area contributed by atoms with Crippen molar-refractivity contribution in [3.8, 4) is 0 Å². The van der Waals surface area contributed by atoms with Crippen molar-refractivity contribution in [3.63, 3.8) is 0 Å². The lowest BCUT2D eigenvalue weighted by atomic mass is 9.86. The molecule has 0 aromatic heterocycles. The summed E-state index contributed by atoms with van der Waals surface area (Å²) in [6.07, 6.45) is 2.60. The maximum atomic E-state index is 11.2. The van der Waals surface area contributed by atoms with E-state index >= 15 is 0 Å². The van der Waals surface area contributed by atoms with Gasteiger partial charge < -0.3 is 10.6 Å². The van der Waals surface area contributed by atoms with E-state index in [4.69, 9.17) is 5.73 Å². The van der Waals surface area contributed by atoms with Crippen LogP contribution in [0.15, 0.2) is 24.3 Å². The summed E-state index contributed by atoms with van der Waals surface area (Å²) in [6, 6.07) is 7.84. The predicted molar refractivity (Wildman–Crippen MR) is 66.9 cm³/mol. The largest absolute Gasteiger partial charge is 0.366 e. The van der Waals surface area contributed by atoms with Crippen LogP contribution in [-0.2, 0) is 0 Å². The first-order valence-electron chi connectivity index (χ1n) is 6.34. The first-order chi connectivity index (χ1) is 8.22. The third-order valence-electron chi connectivity index (χ3n) is 4.11. The number of primary amides is 1. The monoisotopic (exact) mass is 230 g/mol. The van der Waals surface area contributed by atoms with Gasteiger partial charge in [-0.1, -0.05) is 12.1 Å². The van der Waals surface area contributed by atoms with Gasteiger partial charge in [0.2, 0.25) is 5.91 Å². The first-order valence-corrected chi connectivity index (χ1v) is 6.34. The Hall–Kier alpha value is -1.35. The highest BCUT2D eigenvalue weighted by molar-refractivity contribution is 5.92. The van der Waals surface area contributed by atoms with E-state index < -0.39 is 0 Å². The van der Waals surface area contributed by atoms with Crippen molar-refractivity contribution in [2.75, 3.05) is 19.6 Å². The fraction of sp³-hybridized carbons (Fsp3) is 0.500. The summed E-state index contributed by atoms with van der Waals surface area (Å²) in [4.78, 5) is 13.7. The predicted octanol–water partition coefficient (Wildman–Crippen LogP) is 1.59. The van der Waals surface area contributed by atoms with E-state index in [-0.39, 0.29) is 5.91 Å². The Morgan fingerprint density at radius 3 is 3.00 bits per heavy atom. The Kier molecular flexibility index (Phi) is 2.63. The van der Waals surface area contributed by atoms with E-state index in [1.807, 2.05) is 12.1 Å². The number of benzene rings is 1. The van der Waals surface area contributed by atoms with Crippen molar-refractivity contribution < 1.29 is 4.79 Å². The topological polar surface area (TPSA) is 46.3 Å². The summed E-state index contributed by atoms with van der Waals surface area (Å²) >= 11 is 0. The number of amides is 1. The van der Waals surface area contributed by atoms with E-state index in [0.717, 1.165) is 12.5 Å². The van der Waals surface area contributed by atoms with Crippen LogP contribution in [-0.4, -0.2) is 30.4 Å². The van der Waals surface area contributed by atoms with Crippen LogP contribution in [0.3, 0.4) is 0 Å². The Bertz CT molecular complexity index is 432. The summed E-state index contributed by atoms with van der Waals surface area (Å²) in [5.74, 6) is 1.10. The minimum absolute atomic E-state index is 0.328. The lowest BCUT2D eigenvalue weighted by Gasteiger charge is -2.30. The number of hydrogen-bond acceptors (Lipinski definition) is 2. The average molecular weight is 230 g/mol. The fourth-order valence-corrected chi connectivity index (χ4v) is 3.25. The van der Waals surface area contributed by atoms with Gasteiger partial charge in [0.05, 0.1) is 0 Å². The molecule has 2 fully saturated rings. The Morgan fingerprint density at radius 2 is 2.24 bits per heavy atom. The van der Waals surface area contributed by atoms with Crippen molar-refractivity contribution in [1.82, 2.24) is 4.90 Å². The van der Waals surface area contributed by atoms with Crippen molar-refractivity contribution >= 4 is 5.91 Å².